The maximum Gasteiger partial charge on any atom is 0.221 e. The molecule has 3 nitrogen and oxygen atoms in total. The van der Waals surface area contributed by atoms with Crippen molar-refractivity contribution in [1.29, 1.82) is 0 Å². The maximum absolute atomic E-state index is 5.68. The summed E-state index contributed by atoms with van der Waals surface area (Å²) in [6.07, 6.45) is 3.97. The lowest BCUT2D eigenvalue weighted by atomic mass is 10.1. The summed E-state index contributed by atoms with van der Waals surface area (Å²) in [5, 5.41) is 5.22. The number of anilines is 1. The number of hydrogen-bond acceptors (Lipinski definition) is 4. The molecule has 0 saturated heterocycles. The number of nitrogens with zero attached hydrogens (tertiary/aromatic N) is 1. The number of rotatable bonds is 0. The molecule has 1 aliphatic rings. The average molecular weight is 230 g/mol. The number of fused-ring (bicyclic) bond motifs is 3. The minimum absolute atomic E-state index is 0.682. The molecular formula is C12H10N2OS. The van der Waals surface area contributed by atoms with Gasteiger partial charge in [-0.05, 0) is 37.3 Å². The van der Waals surface area contributed by atoms with Crippen molar-refractivity contribution in [2.75, 3.05) is 5.43 Å². The van der Waals surface area contributed by atoms with Crippen molar-refractivity contribution < 1.29 is 4.42 Å². The lowest BCUT2D eigenvalue weighted by molar-refractivity contribution is 0.627. The van der Waals surface area contributed by atoms with Crippen molar-refractivity contribution in [3.05, 3.63) is 29.8 Å². The molecule has 1 aliphatic heterocycles. The number of benzene rings is 1. The summed E-state index contributed by atoms with van der Waals surface area (Å²) in [6.45, 7) is 1.93. The molecule has 3 rings (SSSR count). The molecule has 1 aromatic carbocycles. The first kappa shape index (κ1) is 9.54. The molecule has 80 valence electrons. The van der Waals surface area contributed by atoms with Gasteiger partial charge >= 0.3 is 0 Å². The summed E-state index contributed by atoms with van der Waals surface area (Å²) in [5.41, 5.74) is 5.69. The van der Waals surface area contributed by atoms with Gasteiger partial charge in [0.1, 0.15) is 5.58 Å². The van der Waals surface area contributed by atoms with E-state index in [0.717, 1.165) is 27.1 Å². The third-order valence-corrected chi connectivity index (χ3v) is 2.82. The molecule has 0 amide bonds. The van der Waals surface area contributed by atoms with Crippen LogP contribution >= 0.6 is 12.6 Å². The summed E-state index contributed by atoms with van der Waals surface area (Å²) in [6, 6.07) is 5.86. The molecule has 4 heteroatoms. The van der Waals surface area contributed by atoms with Crippen LogP contribution in [0.5, 0.6) is 0 Å². The third kappa shape index (κ3) is 1.42. The molecule has 2 heterocycles. The van der Waals surface area contributed by atoms with Crippen LogP contribution in [-0.2, 0) is 0 Å². The van der Waals surface area contributed by atoms with Gasteiger partial charge in [-0.1, -0.05) is 0 Å². The third-order valence-electron chi connectivity index (χ3n) is 2.54. The van der Waals surface area contributed by atoms with E-state index >= 15 is 0 Å². The van der Waals surface area contributed by atoms with Gasteiger partial charge in [0.2, 0.25) is 5.88 Å². The molecule has 2 aromatic rings. The van der Waals surface area contributed by atoms with Crippen molar-refractivity contribution in [1.82, 2.24) is 0 Å². The number of thiol groups is 1. The molecular weight excluding hydrogens is 220 g/mol. The Balaban J connectivity index is 2.28. The van der Waals surface area contributed by atoms with E-state index in [9.17, 15) is 0 Å². The van der Waals surface area contributed by atoms with Crippen molar-refractivity contribution in [3.8, 4) is 0 Å². The number of allylic oxidation sites excluding steroid dienone is 1. The SMILES string of the molecule is CC1=NNc2oc3cc(S)ccc3c2C=C1. The fourth-order valence-electron chi connectivity index (χ4n) is 1.73. The zero-order valence-corrected chi connectivity index (χ0v) is 9.58. The Bertz CT molecular complexity index is 625. The van der Waals surface area contributed by atoms with E-state index in [1.54, 1.807) is 0 Å². The van der Waals surface area contributed by atoms with Crippen molar-refractivity contribution in [3.63, 3.8) is 0 Å². The molecule has 0 saturated carbocycles. The standard InChI is InChI=1S/C12H10N2OS/c1-7-2-4-10-9-5-3-8(16)6-11(9)15-12(10)14-13-7/h2-6,14,16H,1H3. The fourth-order valence-corrected chi connectivity index (χ4v) is 1.93. The highest BCUT2D eigenvalue weighted by Crippen LogP contribution is 2.33. The first-order valence-electron chi connectivity index (χ1n) is 4.98. The zero-order valence-electron chi connectivity index (χ0n) is 8.69. The van der Waals surface area contributed by atoms with Gasteiger partial charge in [0.25, 0.3) is 0 Å². The first-order valence-corrected chi connectivity index (χ1v) is 5.42. The average Bonchev–Trinajstić information content (AvgIpc) is 2.50. The minimum atomic E-state index is 0.682. The summed E-state index contributed by atoms with van der Waals surface area (Å²) in [4.78, 5) is 0.889. The van der Waals surface area contributed by atoms with E-state index in [1.165, 1.54) is 0 Å². The van der Waals surface area contributed by atoms with E-state index in [-0.39, 0.29) is 0 Å². The second kappa shape index (κ2) is 3.42. The van der Waals surface area contributed by atoms with Crippen molar-refractivity contribution in [2.24, 2.45) is 5.10 Å². The molecule has 0 spiro atoms. The van der Waals surface area contributed by atoms with E-state index in [4.69, 9.17) is 4.42 Å². The smallest absolute Gasteiger partial charge is 0.221 e. The van der Waals surface area contributed by atoms with Crippen LogP contribution in [0.25, 0.3) is 17.0 Å². The number of hydrogen-bond donors (Lipinski definition) is 2. The normalized spacial score (nSPS) is 14.2. The lowest BCUT2D eigenvalue weighted by Crippen LogP contribution is -1.90. The Morgan fingerprint density at radius 2 is 2.19 bits per heavy atom. The molecule has 0 bridgehead atoms. The largest absolute Gasteiger partial charge is 0.438 e. The van der Waals surface area contributed by atoms with Gasteiger partial charge in [0.05, 0.1) is 5.71 Å². The molecule has 1 aromatic heterocycles. The molecule has 0 radical (unpaired) electrons. The quantitative estimate of drug-likeness (QED) is 0.679. The van der Waals surface area contributed by atoms with Gasteiger partial charge in [0.15, 0.2) is 0 Å². The van der Waals surface area contributed by atoms with E-state index in [0.29, 0.717) is 5.88 Å². The molecule has 0 aliphatic carbocycles. The summed E-state index contributed by atoms with van der Waals surface area (Å²) in [7, 11) is 0. The zero-order chi connectivity index (χ0) is 11.1. The van der Waals surface area contributed by atoms with Crippen LogP contribution in [0.1, 0.15) is 12.5 Å². The Labute approximate surface area is 98.2 Å². The molecule has 0 fully saturated rings. The van der Waals surface area contributed by atoms with Gasteiger partial charge < -0.3 is 4.42 Å². The predicted molar refractivity (Wildman–Crippen MR) is 69.2 cm³/mol. The highest BCUT2D eigenvalue weighted by atomic mass is 32.1. The van der Waals surface area contributed by atoms with Crippen molar-refractivity contribution in [2.45, 2.75) is 11.8 Å². The van der Waals surface area contributed by atoms with Crippen LogP contribution in [0.3, 0.4) is 0 Å². The molecule has 16 heavy (non-hydrogen) atoms. The van der Waals surface area contributed by atoms with Gasteiger partial charge in [0, 0.05) is 15.8 Å². The summed E-state index contributed by atoms with van der Waals surface area (Å²) < 4.78 is 5.68. The Kier molecular flexibility index (Phi) is 2.04. The monoisotopic (exact) mass is 230 g/mol. The van der Waals surface area contributed by atoms with E-state index in [1.807, 2.05) is 37.3 Å². The van der Waals surface area contributed by atoms with Crippen LogP contribution in [0.4, 0.5) is 5.88 Å². The van der Waals surface area contributed by atoms with Crippen LogP contribution in [-0.4, -0.2) is 5.71 Å². The Morgan fingerprint density at radius 1 is 1.31 bits per heavy atom. The fraction of sp³-hybridized carbons (Fsp3) is 0.0833. The number of nitrogens with one attached hydrogen (secondary N) is 1. The van der Waals surface area contributed by atoms with Crippen molar-refractivity contribution >= 4 is 41.3 Å². The second-order valence-electron chi connectivity index (χ2n) is 3.72. The minimum Gasteiger partial charge on any atom is -0.438 e. The molecule has 0 unspecified atom stereocenters. The van der Waals surface area contributed by atoms with Gasteiger partial charge in [-0.15, -0.1) is 12.6 Å². The van der Waals surface area contributed by atoms with Crippen LogP contribution in [0.15, 0.2) is 38.7 Å². The molecule has 1 N–H and O–H groups in total. The van der Waals surface area contributed by atoms with E-state index < -0.39 is 0 Å². The highest BCUT2D eigenvalue weighted by Gasteiger charge is 2.13. The second-order valence-corrected chi connectivity index (χ2v) is 4.24. The van der Waals surface area contributed by atoms with Gasteiger partial charge in [-0.3, -0.25) is 0 Å². The Morgan fingerprint density at radius 3 is 3.06 bits per heavy atom. The summed E-state index contributed by atoms with van der Waals surface area (Å²) >= 11 is 4.29. The van der Waals surface area contributed by atoms with E-state index in [2.05, 4.69) is 23.2 Å². The lowest BCUT2D eigenvalue weighted by Gasteiger charge is -1.93. The Hall–Kier alpha value is -1.68. The summed E-state index contributed by atoms with van der Waals surface area (Å²) in [5.74, 6) is 0.682. The predicted octanol–water partition coefficient (Wildman–Crippen LogP) is 3.54. The number of hydrazone groups is 1. The van der Waals surface area contributed by atoms with Crippen LogP contribution in [0.2, 0.25) is 0 Å². The van der Waals surface area contributed by atoms with Crippen LogP contribution in [0, 0.1) is 0 Å². The van der Waals surface area contributed by atoms with Crippen LogP contribution < -0.4 is 5.43 Å². The van der Waals surface area contributed by atoms with Gasteiger partial charge in [-0.25, -0.2) is 5.43 Å². The topological polar surface area (TPSA) is 37.5 Å². The highest BCUT2D eigenvalue weighted by molar-refractivity contribution is 7.80. The number of furan rings is 1. The molecule has 0 atom stereocenters. The van der Waals surface area contributed by atoms with Gasteiger partial charge in [-0.2, -0.15) is 5.10 Å². The first-order chi connectivity index (χ1) is 7.74. The maximum atomic E-state index is 5.68.